The molecule has 1 amide bonds. The standard InChI is InChI=1S/C12H18N4O3/c1-15-7-8(11(18)16(2)12(15)19)5-13-9-3-4-10(17)14-6-9/h7,9,13H,3-6H2,1-2H3,(H,14,17). The topological polar surface area (TPSA) is 85.1 Å². The molecule has 1 aliphatic heterocycles. The highest BCUT2D eigenvalue weighted by molar-refractivity contribution is 5.76. The van der Waals surface area contributed by atoms with Gasteiger partial charge in [-0.2, -0.15) is 0 Å². The van der Waals surface area contributed by atoms with E-state index in [0.717, 1.165) is 11.0 Å². The Hall–Kier alpha value is -1.89. The number of aromatic nitrogens is 2. The smallest absolute Gasteiger partial charge is 0.330 e. The van der Waals surface area contributed by atoms with Crippen molar-refractivity contribution in [3.63, 3.8) is 0 Å². The van der Waals surface area contributed by atoms with Gasteiger partial charge >= 0.3 is 5.69 Å². The Morgan fingerprint density at radius 2 is 2.11 bits per heavy atom. The zero-order valence-corrected chi connectivity index (χ0v) is 11.1. The second-order valence-corrected chi connectivity index (χ2v) is 4.83. The van der Waals surface area contributed by atoms with Crippen molar-refractivity contribution < 1.29 is 4.79 Å². The Morgan fingerprint density at radius 3 is 2.74 bits per heavy atom. The van der Waals surface area contributed by atoms with Gasteiger partial charge in [-0.1, -0.05) is 0 Å². The highest BCUT2D eigenvalue weighted by Crippen LogP contribution is 2.03. The first-order valence-corrected chi connectivity index (χ1v) is 6.24. The van der Waals surface area contributed by atoms with Gasteiger partial charge in [-0.25, -0.2) is 4.79 Å². The fourth-order valence-electron chi connectivity index (χ4n) is 2.17. The summed E-state index contributed by atoms with van der Waals surface area (Å²) < 4.78 is 2.49. The number of piperidine rings is 1. The summed E-state index contributed by atoms with van der Waals surface area (Å²) in [4.78, 5) is 34.5. The number of carbonyl (C=O) groups excluding carboxylic acids is 1. The third-order valence-corrected chi connectivity index (χ3v) is 3.36. The van der Waals surface area contributed by atoms with Crippen LogP contribution >= 0.6 is 0 Å². The number of carbonyl (C=O) groups is 1. The van der Waals surface area contributed by atoms with E-state index in [0.29, 0.717) is 25.1 Å². The fraction of sp³-hybridized carbons (Fsp3) is 0.583. The van der Waals surface area contributed by atoms with Gasteiger partial charge in [0.15, 0.2) is 0 Å². The maximum Gasteiger partial charge on any atom is 0.330 e. The Labute approximate surface area is 110 Å². The summed E-state index contributed by atoms with van der Waals surface area (Å²) in [6.45, 7) is 0.965. The van der Waals surface area contributed by atoms with Crippen molar-refractivity contribution in [3.05, 3.63) is 32.6 Å². The van der Waals surface area contributed by atoms with Gasteiger partial charge in [0.2, 0.25) is 5.91 Å². The molecule has 2 N–H and O–H groups in total. The molecule has 1 aromatic heterocycles. The summed E-state index contributed by atoms with van der Waals surface area (Å²) in [6, 6.07) is 0.166. The van der Waals surface area contributed by atoms with Crippen LogP contribution in [0.4, 0.5) is 0 Å². The van der Waals surface area contributed by atoms with Crippen molar-refractivity contribution in [1.29, 1.82) is 0 Å². The minimum Gasteiger partial charge on any atom is -0.355 e. The lowest BCUT2D eigenvalue weighted by Gasteiger charge is -2.23. The summed E-state index contributed by atoms with van der Waals surface area (Å²) in [7, 11) is 3.08. The van der Waals surface area contributed by atoms with Gasteiger partial charge in [-0.15, -0.1) is 0 Å². The Bertz CT molecular complexity index is 592. The average Bonchev–Trinajstić information content (AvgIpc) is 2.41. The van der Waals surface area contributed by atoms with Crippen molar-refractivity contribution in [2.75, 3.05) is 6.54 Å². The molecular formula is C12H18N4O3. The summed E-state index contributed by atoms with van der Waals surface area (Å²) >= 11 is 0. The molecule has 1 aromatic rings. The van der Waals surface area contributed by atoms with E-state index in [2.05, 4.69) is 10.6 Å². The summed E-state index contributed by atoms with van der Waals surface area (Å²) in [6.07, 6.45) is 2.82. The number of hydrogen-bond acceptors (Lipinski definition) is 4. The van der Waals surface area contributed by atoms with Gasteiger partial charge < -0.3 is 15.2 Å². The molecule has 2 heterocycles. The van der Waals surface area contributed by atoms with Crippen molar-refractivity contribution >= 4 is 5.91 Å². The highest BCUT2D eigenvalue weighted by Gasteiger charge is 2.17. The normalized spacial score (nSPS) is 19.3. The number of amides is 1. The Kier molecular flexibility index (Phi) is 3.84. The van der Waals surface area contributed by atoms with Crippen LogP contribution in [0.1, 0.15) is 18.4 Å². The van der Waals surface area contributed by atoms with E-state index in [1.807, 2.05) is 0 Å². The molecule has 0 spiro atoms. The van der Waals surface area contributed by atoms with Gasteiger partial charge in [-0.05, 0) is 6.42 Å². The lowest BCUT2D eigenvalue weighted by atomic mass is 10.1. The van der Waals surface area contributed by atoms with Crippen LogP contribution in [0.5, 0.6) is 0 Å². The third kappa shape index (κ3) is 2.93. The molecule has 2 rings (SSSR count). The molecule has 7 nitrogen and oxygen atoms in total. The number of aryl methyl sites for hydroxylation is 1. The second kappa shape index (κ2) is 5.40. The van der Waals surface area contributed by atoms with Crippen LogP contribution in [-0.2, 0) is 25.4 Å². The van der Waals surface area contributed by atoms with E-state index in [-0.39, 0.29) is 23.2 Å². The highest BCUT2D eigenvalue weighted by atomic mass is 16.2. The molecule has 0 bridgehead atoms. The predicted octanol–water partition coefficient (Wildman–Crippen LogP) is -1.55. The van der Waals surface area contributed by atoms with Gasteiger partial charge in [0.25, 0.3) is 5.56 Å². The first kappa shape index (κ1) is 13.5. The van der Waals surface area contributed by atoms with E-state index in [1.165, 1.54) is 11.6 Å². The van der Waals surface area contributed by atoms with Crippen molar-refractivity contribution in [2.45, 2.75) is 25.4 Å². The summed E-state index contributed by atoms with van der Waals surface area (Å²) in [5, 5.41) is 6.00. The predicted molar refractivity (Wildman–Crippen MR) is 69.8 cm³/mol. The SMILES string of the molecule is Cn1cc(CNC2CCC(=O)NC2)c(=O)n(C)c1=O. The monoisotopic (exact) mass is 266 g/mol. The van der Waals surface area contributed by atoms with Crippen LogP contribution in [0.3, 0.4) is 0 Å². The first-order chi connectivity index (χ1) is 8.99. The number of nitrogens with zero attached hydrogens (tertiary/aromatic N) is 2. The molecule has 1 aliphatic rings. The molecule has 1 atom stereocenters. The molecule has 0 aromatic carbocycles. The molecule has 7 heteroatoms. The molecule has 104 valence electrons. The van der Waals surface area contributed by atoms with E-state index in [1.54, 1.807) is 13.2 Å². The van der Waals surface area contributed by atoms with Crippen molar-refractivity contribution in [2.24, 2.45) is 14.1 Å². The minimum absolute atomic E-state index is 0.0658. The number of rotatable bonds is 3. The van der Waals surface area contributed by atoms with Gasteiger partial charge in [0.1, 0.15) is 0 Å². The number of nitrogens with one attached hydrogen (secondary N) is 2. The quantitative estimate of drug-likeness (QED) is 0.694. The Balaban J connectivity index is 2.06. The van der Waals surface area contributed by atoms with Crippen LogP contribution < -0.4 is 21.9 Å². The summed E-state index contributed by atoms with van der Waals surface area (Å²) in [5.74, 6) is 0.0658. The van der Waals surface area contributed by atoms with E-state index in [4.69, 9.17) is 0 Å². The van der Waals surface area contributed by atoms with E-state index >= 15 is 0 Å². The van der Waals surface area contributed by atoms with E-state index in [9.17, 15) is 14.4 Å². The Morgan fingerprint density at radius 1 is 1.37 bits per heavy atom. The maximum absolute atomic E-state index is 11.9. The second-order valence-electron chi connectivity index (χ2n) is 4.83. The zero-order valence-electron chi connectivity index (χ0n) is 11.1. The van der Waals surface area contributed by atoms with Crippen molar-refractivity contribution in [3.8, 4) is 0 Å². The summed E-state index contributed by atoms with van der Waals surface area (Å²) in [5.41, 5.74) is -0.0735. The lowest BCUT2D eigenvalue weighted by Crippen LogP contribution is -2.46. The van der Waals surface area contributed by atoms with Crippen LogP contribution in [-0.4, -0.2) is 27.6 Å². The van der Waals surface area contributed by atoms with Crippen LogP contribution in [0.2, 0.25) is 0 Å². The molecule has 0 radical (unpaired) electrons. The van der Waals surface area contributed by atoms with Gasteiger partial charge in [0, 0.05) is 51.4 Å². The van der Waals surface area contributed by atoms with Gasteiger partial charge in [-0.3, -0.25) is 14.2 Å². The molecule has 0 saturated carbocycles. The largest absolute Gasteiger partial charge is 0.355 e. The average molecular weight is 266 g/mol. The zero-order chi connectivity index (χ0) is 14.0. The van der Waals surface area contributed by atoms with Crippen LogP contribution in [0, 0.1) is 0 Å². The first-order valence-electron chi connectivity index (χ1n) is 6.24. The third-order valence-electron chi connectivity index (χ3n) is 3.36. The van der Waals surface area contributed by atoms with E-state index < -0.39 is 0 Å². The number of hydrogen-bond donors (Lipinski definition) is 2. The molecule has 0 aliphatic carbocycles. The van der Waals surface area contributed by atoms with Gasteiger partial charge in [0.05, 0.1) is 0 Å². The van der Waals surface area contributed by atoms with Crippen LogP contribution in [0.25, 0.3) is 0 Å². The van der Waals surface area contributed by atoms with Crippen LogP contribution in [0.15, 0.2) is 15.8 Å². The van der Waals surface area contributed by atoms with Crippen molar-refractivity contribution in [1.82, 2.24) is 19.8 Å². The maximum atomic E-state index is 11.9. The fourth-order valence-corrected chi connectivity index (χ4v) is 2.17. The molecule has 1 saturated heterocycles. The molecule has 1 fully saturated rings. The molecule has 1 unspecified atom stereocenters. The molecule has 19 heavy (non-hydrogen) atoms. The minimum atomic E-state index is -0.335. The lowest BCUT2D eigenvalue weighted by molar-refractivity contribution is -0.122. The molecular weight excluding hydrogens is 248 g/mol.